The molecule has 12 heteroatoms. The Bertz CT molecular complexity index is 1370. The monoisotopic (exact) mass is 562 g/mol. The third-order valence-corrected chi connectivity index (χ3v) is 7.50. The van der Waals surface area contributed by atoms with Crippen molar-refractivity contribution >= 4 is 51.7 Å². The fourth-order valence-electron chi connectivity index (χ4n) is 4.10. The van der Waals surface area contributed by atoms with Crippen molar-refractivity contribution < 1.29 is 27.8 Å². The number of piperidine rings is 1. The summed E-state index contributed by atoms with van der Waals surface area (Å²) >= 11 is 7.32. The number of aromatic nitrogens is 1. The molecule has 1 amide bonds. The van der Waals surface area contributed by atoms with E-state index in [1.807, 2.05) is 0 Å². The summed E-state index contributed by atoms with van der Waals surface area (Å²) in [5, 5.41) is 3.93. The van der Waals surface area contributed by atoms with Gasteiger partial charge in [-0.05, 0) is 48.7 Å². The molecule has 1 aromatic heterocycles. The Morgan fingerprint density at radius 3 is 2.47 bits per heavy atom. The lowest BCUT2D eigenvalue weighted by atomic mass is 10.1. The molecule has 1 aliphatic heterocycles. The molecule has 0 unspecified atom stereocenters. The van der Waals surface area contributed by atoms with E-state index in [2.05, 4.69) is 10.3 Å². The summed E-state index contributed by atoms with van der Waals surface area (Å²) in [6.45, 7) is 0.987. The zero-order chi connectivity index (χ0) is 27.4. The molecule has 0 atom stereocenters. The highest BCUT2D eigenvalue weighted by Gasteiger charge is 2.26. The Morgan fingerprint density at radius 2 is 1.84 bits per heavy atom. The fraction of sp³-hybridized carbons (Fsp3) is 0.269. The van der Waals surface area contributed by atoms with Crippen molar-refractivity contribution in [3.8, 4) is 11.5 Å². The second kappa shape index (κ2) is 11.8. The van der Waals surface area contributed by atoms with E-state index in [9.17, 15) is 18.4 Å². The maximum absolute atomic E-state index is 14.0. The summed E-state index contributed by atoms with van der Waals surface area (Å²) in [4.78, 5) is 31.3. The summed E-state index contributed by atoms with van der Waals surface area (Å²) < 4.78 is 38.6. The number of likely N-dealkylation sites (tertiary alicyclic amines) is 1. The Balaban J connectivity index is 1.35. The van der Waals surface area contributed by atoms with E-state index in [1.54, 1.807) is 23.1 Å². The van der Waals surface area contributed by atoms with Gasteiger partial charge in [-0.2, -0.15) is 0 Å². The molecule has 2 aromatic carbocycles. The lowest BCUT2D eigenvalue weighted by molar-refractivity contribution is -0.126. The summed E-state index contributed by atoms with van der Waals surface area (Å²) in [6, 6.07) is 6.63. The third-order valence-electron chi connectivity index (χ3n) is 6.10. The van der Waals surface area contributed by atoms with Gasteiger partial charge in [0.05, 0.1) is 24.8 Å². The predicted molar refractivity (Wildman–Crippen MR) is 143 cm³/mol. The largest absolute Gasteiger partial charge is 0.493 e. The van der Waals surface area contributed by atoms with Gasteiger partial charge in [0.15, 0.2) is 16.6 Å². The molecule has 0 aliphatic carbocycles. The van der Waals surface area contributed by atoms with E-state index in [0.717, 1.165) is 23.5 Å². The van der Waals surface area contributed by atoms with Crippen LogP contribution in [0.4, 0.5) is 19.7 Å². The van der Waals surface area contributed by atoms with Gasteiger partial charge in [-0.3, -0.25) is 9.59 Å². The number of amides is 1. The Hall–Kier alpha value is -3.70. The second-order valence-electron chi connectivity index (χ2n) is 8.44. The number of nitrogens with two attached hydrogens (primary N) is 1. The standard InChI is InChI=1S/C26H25ClF2N4O4S/c1-36-18-8-6-14(21(27)23(18)37-2)7-9-19(34)33-12-10-15(11-13-33)31-26-32-25(30)24(38-26)22(35)20-16(28)4-3-5-17(20)29/h3-9,15H,10-13,30H2,1-2H3,(H,31,32). The molecular weight excluding hydrogens is 538 g/mol. The first kappa shape index (κ1) is 27.3. The molecule has 0 bridgehead atoms. The molecule has 1 saturated heterocycles. The first-order valence-corrected chi connectivity index (χ1v) is 12.8. The van der Waals surface area contributed by atoms with Crippen LogP contribution in [0.3, 0.4) is 0 Å². The van der Waals surface area contributed by atoms with E-state index in [0.29, 0.717) is 53.1 Å². The van der Waals surface area contributed by atoms with Crippen LogP contribution >= 0.6 is 22.9 Å². The summed E-state index contributed by atoms with van der Waals surface area (Å²) in [5.74, 6) is -2.15. The Morgan fingerprint density at radius 1 is 1.16 bits per heavy atom. The molecule has 0 radical (unpaired) electrons. The SMILES string of the molecule is COc1ccc(C=CC(=O)N2CCC(Nc3nc(N)c(C(=O)c4c(F)cccc4F)s3)CC2)c(Cl)c1OC. The van der Waals surface area contributed by atoms with E-state index in [1.165, 1.54) is 26.4 Å². The summed E-state index contributed by atoms with van der Waals surface area (Å²) in [7, 11) is 3.00. The second-order valence-corrected chi connectivity index (χ2v) is 9.82. The number of benzene rings is 2. The first-order chi connectivity index (χ1) is 18.2. The molecule has 3 N–H and O–H groups in total. The van der Waals surface area contributed by atoms with Crippen LogP contribution in [-0.2, 0) is 4.79 Å². The van der Waals surface area contributed by atoms with Crippen LogP contribution in [0.2, 0.25) is 5.02 Å². The minimum atomic E-state index is -0.961. The Labute approximate surface area is 227 Å². The van der Waals surface area contributed by atoms with Crippen molar-refractivity contribution in [2.75, 3.05) is 38.4 Å². The number of thiazole rings is 1. The summed E-state index contributed by atoms with van der Waals surface area (Å²) in [6.07, 6.45) is 4.34. The molecule has 3 aromatic rings. The van der Waals surface area contributed by atoms with Crippen LogP contribution in [0, 0.1) is 11.6 Å². The number of carbonyl (C=O) groups is 2. The van der Waals surface area contributed by atoms with Gasteiger partial charge >= 0.3 is 0 Å². The number of nitrogens with one attached hydrogen (secondary N) is 1. The van der Waals surface area contributed by atoms with Crippen molar-refractivity contribution in [2.24, 2.45) is 0 Å². The maximum atomic E-state index is 14.0. The van der Waals surface area contributed by atoms with Gasteiger partial charge in [0.1, 0.15) is 22.3 Å². The van der Waals surface area contributed by atoms with Crippen molar-refractivity contribution in [2.45, 2.75) is 18.9 Å². The van der Waals surface area contributed by atoms with Crippen molar-refractivity contribution in [1.82, 2.24) is 9.88 Å². The molecule has 1 aliphatic rings. The smallest absolute Gasteiger partial charge is 0.246 e. The van der Waals surface area contributed by atoms with Crippen LogP contribution < -0.4 is 20.5 Å². The lowest BCUT2D eigenvalue weighted by Crippen LogP contribution is -2.41. The molecule has 0 saturated carbocycles. The molecular formula is C26H25ClF2N4O4S. The number of methoxy groups -OCH3 is 2. The highest BCUT2D eigenvalue weighted by atomic mass is 35.5. The normalized spacial score (nSPS) is 14.1. The minimum Gasteiger partial charge on any atom is -0.493 e. The van der Waals surface area contributed by atoms with Crippen molar-refractivity contribution in [1.29, 1.82) is 0 Å². The predicted octanol–water partition coefficient (Wildman–Crippen LogP) is 5.02. The summed E-state index contributed by atoms with van der Waals surface area (Å²) in [5.41, 5.74) is 5.84. The van der Waals surface area contributed by atoms with Gasteiger partial charge in [-0.25, -0.2) is 13.8 Å². The van der Waals surface area contributed by atoms with Crippen LogP contribution in [0.1, 0.15) is 33.6 Å². The van der Waals surface area contributed by atoms with Crippen molar-refractivity contribution in [3.63, 3.8) is 0 Å². The molecule has 0 spiro atoms. The molecule has 200 valence electrons. The number of halogens is 3. The number of nitrogens with zero attached hydrogens (tertiary/aromatic N) is 2. The highest BCUT2D eigenvalue weighted by Crippen LogP contribution is 2.38. The van der Waals surface area contributed by atoms with Gasteiger partial charge in [0.25, 0.3) is 0 Å². The number of carbonyl (C=O) groups excluding carboxylic acids is 2. The van der Waals surface area contributed by atoms with E-state index >= 15 is 0 Å². The quantitative estimate of drug-likeness (QED) is 0.293. The zero-order valence-electron chi connectivity index (χ0n) is 20.6. The van der Waals surface area contributed by atoms with Crippen LogP contribution in [0.5, 0.6) is 11.5 Å². The first-order valence-electron chi connectivity index (χ1n) is 11.6. The number of hydrogen-bond donors (Lipinski definition) is 2. The molecule has 8 nitrogen and oxygen atoms in total. The van der Waals surface area contributed by atoms with Gasteiger partial charge in [0, 0.05) is 25.2 Å². The van der Waals surface area contributed by atoms with Crippen LogP contribution in [-0.4, -0.2) is 54.9 Å². The zero-order valence-corrected chi connectivity index (χ0v) is 22.2. The minimum absolute atomic E-state index is 0.0259. The maximum Gasteiger partial charge on any atom is 0.246 e. The highest BCUT2D eigenvalue weighted by molar-refractivity contribution is 7.18. The molecule has 4 rings (SSSR count). The average molecular weight is 563 g/mol. The fourth-order valence-corrected chi connectivity index (χ4v) is 5.31. The van der Waals surface area contributed by atoms with Gasteiger partial charge in [-0.1, -0.05) is 29.0 Å². The molecule has 2 heterocycles. The van der Waals surface area contributed by atoms with E-state index in [-0.39, 0.29) is 22.6 Å². The average Bonchev–Trinajstić information content (AvgIpc) is 3.27. The molecule has 1 fully saturated rings. The number of nitrogen functional groups attached to an aromatic ring is 1. The number of hydrogen-bond acceptors (Lipinski definition) is 8. The van der Waals surface area contributed by atoms with E-state index < -0.39 is 23.0 Å². The lowest BCUT2D eigenvalue weighted by Gasteiger charge is -2.31. The molecule has 38 heavy (non-hydrogen) atoms. The van der Waals surface area contributed by atoms with Gasteiger partial charge in [0.2, 0.25) is 11.7 Å². The number of rotatable bonds is 8. The van der Waals surface area contributed by atoms with Crippen LogP contribution in [0.25, 0.3) is 6.08 Å². The third kappa shape index (κ3) is 5.73. The topological polar surface area (TPSA) is 107 Å². The Kier molecular flexibility index (Phi) is 8.48. The van der Waals surface area contributed by atoms with Crippen molar-refractivity contribution in [3.05, 3.63) is 69.1 Å². The van der Waals surface area contributed by atoms with E-state index in [4.69, 9.17) is 26.8 Å². The van der Waals surface area contributed by atoms with Gasteiger partial charge in [-0.15, -0.1) is 0 Å². The number of ketones is 1. The number of anilines is 2. The van der Waals surface area contributed by atoms with Crippen LogP contribution in [0.15, 0.2) is 36.4 Å². The van der Waals surface area contributed by atoms with Gasteiger partial charge < -0.3 is 25.4 Å². The number of ether oxygens (including phenoxy) is 2.